The maximum atomic E-state index is 11.2. The number of fused-ring (bicyclic) bond motifs is 2. The van der Waals surface area contributed by atoms with E-state index in [9.17, 15) is 9.59 Å². The van der Waals surface area contributed by atoms with E-state index in [2.05, 4.69) is 62.4 Å². The van der Waals surface area contributed by atoms with E-state index in [1.807, 2.05) is 12.1 Å². The number of unbranched alkanes of at least 4 members (excludes halogenated alkanes) is 8. The smallest absolute Gasteiger partial charge is 0.302 e. The Kier molecular flexibility index (Phi) is 17.4. The van der Waals surface area contributed by atoms with Gasteiger partial charge >= 0.3 is 11.9 Å². The largest absolute Gasteiger partial charge is 0.494 e. The van der Waals surface area contributed by atoms with Crippen LogP contribution < -0.4 is 18.9 Å². The van der Waals surface area contributed by atoms with Crippen molar-refractivity contribution in [3.05, 3.63) is 60.7 Å². The van der Waals surface area contributed by atoms with Gasteiger partial charge in [-0.2, -0.15) is 0 Å². The molecule has 0 radical (unpaired) electrons. The lowest BCUT2D eigenvalue weighted by molar-refractivity contribution is -0.142. The molecule has 282 valence electrons. The summed E-state index contributed by atoms with van der Waals surface area (Å²) >= 11 is 0. The van der Waals surface area contributed by atoms with Crippen LogP contribution in [0.5, 0.6) is 23.0 Å². The molecule has 8 heteroatoms. The number of carbonyl (C=O) groups excluding carboxylic acids is 2. The summed E-state index contributed by atoms with van der Waals surface area (Å²) in [6.07, 6.45) is 12.1. The lowest BCUT2D eigenvalue weighted by Gasteiger charge is -2.17. The van der Waals surface area contributed by atoms with Gasteiger partial charge < -0.3 is 28.4 Å². The highest BCUT2D eigenvalue weighted by Gasteiger charge is 2.15. The molecule has 0 aliphatic rings. The number of ether oxygens (including phenoxy) is 6. The molecule has 0 saturated heterocycles. The first-order valence-corrected chi connectivity index (χ1v) is 19.3. The van der Waals surface area contributed by atoms with Crippen LogP contribution in [-0.2, 0) is 19.1 Å². The molecule has 0 atom stereocenters. The van der Waals surface area contributed by atoms with Gasteiger partial charge in [-0.25, -0.2) is 0 Å². The Labute approximate surface area is 310 Å². The van der Waals surface area contributed by atoms with E-state index in [0.29, 0.717) is 39.6 Å². The zero-order chi connectivity index (χ0) is 37.0. The van der Waals surface area contributed by atoms with Gasteiger partial charge in [-0.3, -0.25) is 9.59 Å². The molecule has 0 heterocycles. The molecular formula is C44H58O8. The minimum Gasteiger partial charge on any atom is -0.494 e. The number of hydrogen-bond acceptors (Lipinski definition) is 8. The molecule has 4 aromatic carbocycles. The first-order chi connectivity index (χ1) is 25.4. The summed E-state index contributed by atoms with van der Waals surface area (Å²) < 4.78 is 35.3. The summed E-state index contributed by atoms with van der Waals surface area (Å²) in [5.41, 5.74) is 2.04. The molecule has 0 aromatic heterocycles. The van der Waals surface area contributed by atoms with Crippen LogP contribution in [0.4, 0.5) is 0 Å². The third-order valence-electron chi connectivity index (χ3n) is 8.85. The highest BCUT2D eigenvalue weighted by Crippen LogP contribution is 2.41. The second-order valence-corrected chi connectivity index (χ2v) is 13.3. The zero-order valence-electron chi connectivity index (χ0n) is 31.8. The van der Waals surface area contributed by atoms with Crippen molar-refractivity contribution in [2.75, 3.05) is 39.6 Å². The van der Waals surface area contributed by atoms with Crippen LogP contribution >= 0.6 is 0 Å². The van der Waals surface area contributed by atoms with Gasteiger partial charge in [-0.05, 0) is 120 Å². The van der Waals surface area contributed by atoms with Crippen LogP contribution in [0.15, 0.2) is 60.7 Å². The Hall–Kier alpha value is -4.46. The fourth-order valence-corrected chi connectivity index (χ4v) is 6.07. The Morgan fingerprint density at radius 1 is 0.423 bits per heavy atom. The van der Waals surface area contributed by atoms with E-state index >= 15 is 0 Å². The molecule has 4 rings (SSSR count). The number of benzene rings is 4. The summed E-state index contributed by atoms with van der Waals surface area (Å²) in [5, 5.41) is 4.20. The molecule has 0 aliphatic carbocycles. The topological polar surface area (TPSA) is 89.5 Å². The summed E-state index contributed by atoms with van der Waals surface area (Å²) in [7, 11) is 0. The molecule has 0 bridgehead atoms. The van der Waals surface area contributed by atoms with Gasteiger partial charge in [0.15, 0.2) is 0 Å². The molecule has 0 fully saturated rings. The van der Waals surface area contributed by atoms with Crippen LogP contribution in [0.1, 0.15) is 105 Å². The van der Waals surface area contributed by atoms with Gasteiger partial charge in [0.1, 0.15) is 23.0 Å². The van der Waals surface area contributed by atoms with Gasteiger partial charge in [-0.1, -0.05) is 64.5 Å². The van der Waals surface area contributed by atoms with Crippen LogP contribution in [0.3, 0.4) is 0 Å². The van der Waals surface area contributed by atoms with Gasteiger partial charge in [0.25, 0.3) is 0 Å². The van der Waals surface area contributed by atoms with E-state index < -0.39 is 0 Å². The number of carbonyl (C=O) groups is 2. The van der Waals surface area contributed by atoms with Gasteiger partial charge in [-0.15, -0.1) is 0 Å². The standard InChI is InChI=1S/C44H58O8/c1-5-7-9-10-12-24-51-39-27-35-18-20-38(50-25-15-13-21-47-33(3)45)30-42(35)43(31-39)44-32-40(52-26-16-14-22-48-34(4)46)28-36-17-19-37(29-41(36)44)49-23-11-8-6-2/h17-20,27-32H,5-16,21-26H2,1-4H3. The number of hydrogen-bond donors (Lipinski definition) is 0. The SMILES string of the molecule is CCCCCCCOc1cc(-c2cc(OCCCCOC(C)=O)cc3ccc(OCCCCC)cc23)c2cc(OCCCCOC(C)=O)ccc2c1. The molecular weight excluding hydrogens is 656 g/mol. The first kappa shape index (κ1) is 40.3. The monoisotopic (exact) mass is 714 g/mol. The fraction of sp³-hybridized carbons (Fsp3) is 0.500. The highest BCUT2D eigenvalue weighted by atomic mass is 16.5. The van der Waals surface area contributed by atoms with Crippen molar-refractivity contribution < 1.29 is 38.0 Å². The molecule has 0 saturated carbocycles. The minimum atomic E-state index is -0.267. The molecule has 0 aliphatic heterocycles. The summed E-state index contributed by atoms with van der Waals surface area (Å²) in [5.74, 6) is 2.67. The first-order valence-electron chi connectivity index (χ1n) is 19.3. The average molecular weight is 715 g/mol. The Morgan fingerprint density at radius 3 is 1.23 bits per heavy atom. The lowest BCUT2D eigenvalue weighted by atomic mass is 9.93. The molecule has 0 amide bonds. The van der Waals surface area contributed by atoms with Crippen molar-refractivity contribution in [2.45, 2.75) is 105 Å². The van der Waals surface area contributed by atoms with Crippen LogP contribution in [0.25, 0.3) is 32.7 Å². The lowest BCUT2D eigenvalue weighted by Crippen LogP contribution is -2.04. The summed E-state index contributed by atoms with van der Waals surface area (Å²) in [6, 6.07) is 20.9. The normalized spacial score (nSPS) is 11.1. The van der Waals surface area contributed by atoms with E-state index in [-0.39, 0.29) is 11.9 Å². The highest BCUT2D eigenvalue weighted by molar-refractivity contribution is 6.07. The van der Waals surface area contributed by atoms with Crippen molar-refractivity contribution in [3.63, 3.8) is 0 Å². The fourth-order valence-electron chi connectivity index (χ4n) is 6.07. The second-order valence-electron chi connectivity index (χ2n) is 13.3. The van der Waals surface area contributed by atoms with E-state index in [1.54, 1.807) is 0 Å². The third-order valence-corrected chi connectivity index (χ3v) is 8.85. The van der Waals surface area contributed by atoms with Crippen LogP contribution in [0.2, 0.25) is 0 Å². The minimum absolute atomic E-state index is 0.265. The average Bonchev–Trinajstić information content (AvgIpc) is 3.13. The maximum Gasteiger partial charge on any atom is 0.302 e. The molecule has 4 aromatic rings. The zero-order valence-corrected chi connectivity index (χ0v) is 31.8. The molecule has 8 nitrogen and oxygen atoms in total. The number of esters is 2. The van der Waals surface area contributed by atoms with Crippen LogP contribution in [-0.4, -0.2) is 51.6 Å². The van der Waals surface area contributed by atoms with E-state index in [4.69, 9.17) is 28.4 Å². The van der Waals surface area contributed by atoms with Crippen molar-refractivity contribution in [1.29, 1.82) is 0 Å². The molecule has 52 heavy (non-hydrogen) atoms. The Bertz CT molecular complexity index is 1700. The molecule has 0 spiro atoms. The van der Waals surface area contributed by atoms with E-state index in [0.717, 1.165) is 113 Å². The quantitative estimate of drug-likeness (QED) is 0.0495. The predicted octanol–water partition coefficient (Wildman–Crippen LogP) is 11.0. The summed E-state index contributed by atoms with van der Waals surface area (Å²) in [4.78, 5) is 22.3. The van der Waals surface area contributed by atoms with E-state index in [1.165, 1.54) is 33.1 Å². The summed E-state index contributed by atoms with van der Waals surface area (Å²) in [6.45, 7) is 10.4. The van der Waals surface area contributed by atoms with Gasteiger partial charge in [0.2, 0.25) is 0 Å². The third kappa shape index (κ3) is 13.6. The van der Waals surface area contributed by atoms with Crippen LogP contribution in [0, 0.1) is 0 Å². The van der Waals surface area contributed by atoms with Gasteiger partial charge in [0, 0.05) is 13.8 Å². The maximum absolute atomic E-state index is 11.2. The van der Waals surface area contributed by atoms with Crippen molar-refractivity contribution in [3.8, 4) is 34.1 Å². The Morgan fingerprint density at radius 2 is 0.788 bits per heavy atom. The number of rotatable bonds is 25. The molecule has 0 N–H and O–H groups in total. The van der Waals surface area contributed by atoms with Crippen molar-refractivity contribution in [2.24, 2.45) is 0 Å². The van der Waals surface area contributed by atoms with Crippen molar-refractivity contribution >= 4 is 33.5 Å². The van der Waals surface area contributed by atoms with Crippen molar-refractivity contribution in [1.82, 2.24) is 0 Å². The van der Waals surface area contributed by atoms with Gasteiger partial charge in [0.05, 0.1) is 39.6 Å². The molecule has 0 unspecified atom stereocenters. The Balaban J connectivity index is 1.70. The second kappa shape index (κ2) is 22.5. The predicted molar refractivity (Wildman–Crippen MR) is 209 cm³/mol.